The molecule has 8 heteroatoms. The molecule has 1 aliphatic rings. The van der Waals surface area contributed by atoms with Crippen molar-refractivity contribution in [1.82, 2.24) is 4.90 Å². The molecule has 1 fully saturated rings. The number of hydrogen-bond donors (Lipinski definition) is 2. The van der Waals surface area contributed by atoms with Crippen LogP contribution in [0, 0.1) is 5.92 Å². The van der Waals surface area contributed by atoms with Crippen LogP contribution >= 0.6 is 12.4 Å². The highest BCUT2D eigenvalue weighted by atomic mass is 35.5. The van der Waals surface area contributed by atoms with Crippen molar-refractivity contribution in [2.24, 2.45) is 11.7 Å². The third-order valence-corrected chi connectivity index (χ3v) is 2.60. The Balaban J connectivity index is 0.00000256. The van der Waals surface area contributed by atoms with Crippen LogP contribution in [-0.2, 0) is 14.3 Å². The largest absolute Gasteiger partial charge is 0.467 e. The molecule has 3 N–H and O–H groups in total. The van der Waals surface area contributed by atoms with E-state index in [1.54, 1.807) is 0 Å². The maximum atomic E-state index is 11.6. The number of nitrogens with zero attached hydrogens (tertiary/aromatic N) is 1. The fourth-order valence-electron chi connectivity index (χ4n) is 1.83. The van der Waals surface area contributed by atoms with Gasteiger partial charge in [-0.3, -0.25) is 4.79 Å². The van der Waals surface area contributed by atoms with E-state index in [0.29, 0.717) is 11.3 Å². The maximum absolute atomic E-state index is 11.6. The van der Waals surface area contributed by atoms with E-state index in [-0.39, 0.29) is 25.4 Å². The zero-order valence-corrected chi connectivity index (χ0v) is 10.1. The molecular weight excluding hydrogens is 252 g/mol. The summed E-state index contributed by atoms with van der Waals surface area (Å²) in [4.78, 5) is 34.4. The molecule has 7 nitrogen and oxygen atoms in total. The van der Waals surface area contributed by atoms with Crippen molar-refractivity contribution in [2.45, 2.75) is 18.9 Å². The summed E-state index contributed by atoms with van der Waals surface area (Å²) in [5.74, 6) is -1.80. The molecule has 0 saturated carbocycles. The van der Waals surface area contributed by atoms with Crippen LogP contribution in [0.1, 0.15) is 12.8 Å². The Kier molecular flexibility index (Phi) is 5.90. The van der Waals surface area contributed by atoms with Gasteiger partial charge in [-0.05, 0) is 19.4 Å². The van der Waals surface area contributed by atoms with Gasteiger partial charge in [0.15, 0.2) is 0 Å². The van der Waals surface area contributed by atoms with E-state index in [1.807, 2.05) is 0 Å². The van der Waals surface area contributed by atoms with Crippen LogP contribution in [-0.4, -0.2) is 47.7 Å². The van der Waals surface area contributed by atoms with Crippen molar-refractivity contribution >= 4 is 30.4 Å². The molecule has 0 aromatic carbocycles. The molecule has 17 heavy (non-hydrogen) atoms. The number of methoxy groups -OCH3 is 1. The molecule has 0 spiro atoms. The summed E-state index contributed by atoms with van der Waals surface area (Å²) in [6.07, 6.45) is -0.912. The topological polar surface area (TPSA) is 110 Å². The first-order chi connectivity index (χ1) is 7.52. The highest BCUT2D eigenvalue weighted by Crippen LogP contribution is 2.27. The summed E-state index contributed by atoms with van der Waals surface area (Å²) >= 11 is 0. The Hall–Kier alpha value is -1.34. The monoisotopic (exact) mass is 266 g/mol. The van der Waals surface area contributed by atoms with Crippen LogP contribution < -0.4 is 5.73 Å². The molecule has 2 amide bonds. The Morgan fingerprint density at radius 2 is 2.18 bits per heavy atom. The van der Waals surface area contributed by atoms with Crippen molar-refractivity contribution in [1.29, 1.82) is 0 Å². The molecular formula is C9H15ClN2O5. The fourth-order valence-corrected chi connectivity index (χ4v) is 1.83. The molecule has 0 aliphatic carbocycles. The van der Waals surface area contributed by atoms with E-state index >= 15 is 0 Å². The Labute approximate surface area is 104 Å². The van der Waals surface area contributed by atoms with Crippen molar-refractivity contribution in [3.05, 3.63) is 0 Å². The Bertz CT molecular complexity index is 323. The number of amides is 2. The smallest absolute Gasteiger partial charge is 0.414 e. The predicted molar refractivity (Wildman–Crippen MR) is 59.7 cm³/mol. The van der Waals surface area contributed by atoms with E-state index in [9.17, 15) is 14.4 Å². The average Bonchev–Trinajstić information content (AvgIpc) is 2.56. The summed E-state index contributed by atoms with van der Waals surface area (Å²) in [7, 11) is 1.16. The number of hydrogen-bond acceptors (Lipinski definition) is 5. The second-order valence-electron chi connectivity index (χ2n) is 3.54. The first-order valence-electron chi connectivity index (χ1n) is 4.86. The average molecular weight is 267 g/mol. The van der Waals surface area contributed by atoms with Crippen molar-refractivity contribution in [3.8, 4) is 0 Å². The summed E-state index contributed by atoms with van der Waals surface area (Å²) in [5.41, 5.74) is 5.31. The molecule has 1 aliphatic heterocycles. The van der Waals surface area contributed by atoms with Gasteiger partial charge < -0.3 is 15.6 Å². The van der Waals surface area contributed by atoms with Gasteiger partial charge in [0.05, 0.1) is 7.11 Å². The van der Waals surface area contributed by atoms with Crippen LogP contribution in [0.15, 0.2) is 0 Å². The molecule has 0 aromatic rings. The number of nitrogens with two attached hydrogens (primary N) is 1. The van der Waals surface area contributed by atoms with Crippen molar-refractivity contribution < 1.29 is 24.2 Å². The molecule has 2 atom stereocenters. The van der Waals surface area contributed by atoms with E-state index in [2.05, 4.69) is 4.74 Å². The minimum absolute atomic E-state index is 0. The number of likely N-dealkylation sites (tertiary alicyclic amines) is 1. The first kappa shape index (κ1) is 15.7. The number of halogens is 1. The zero-order chi connectivity index (χ0) is 12.3. The number of ether oxygens (including phenoxy) is 1. The zero-order valence-electron chi connectivity index (χ0n) is 9.29. The lowest BCUT2D eigenvalue weighted by atomic mass is 10.0. The van der Waals surface area contributed by atoms with E-state index in [1.165, 1.54) is 0 Å². The lowest BCUT2D eigenvalue weighted by Crippen LogP contribution is -2.43. The van der Waals surface area contributed by atoms with E-state index in [0.717, 1.165) is 7.11 Å². The lowest BCUT2D eigenvalue weighted by Gasteiger charge is -2.16. The van der Waals surface area contributed by atoms with Crippen LogP contribution in [0.4, 0.5) is 4.79 Å². The normalized spacial score (nSPS) is 23.2. The molecule has 0 aromatic heterocycles. The van der Waals surface area contributed by atoms with Crippen LogP contribution in [0.3, 0.4) is 0 Å². The van der Waals surface area contributed by atoms with Gasteiger partial charge >= 0.3 is 12.1 Å². The number of carboxylic acid groups (broad SMARTS) is 1. The number of rotatable bonds is 3. The molecule has 1 rings (SSSR count). The predicted octanol–water partition coefficient (Wildman–Crippen LogP) is -0.175. The number of imide groups is 1. The van der Waals surface area contributed by atoms with Crippen LogP contribution in [0.2, 0.25) is 0 Å². The van der Waals surface area contributed by atoms with Gasteiger partial charge in [-0.15, -0.1) is 12.4 Å². The number of carbonyl (C=O) groups is 3. The molecule has 0 bridgehead atoms. The van der Waals surface area contributed by atoms with Crippen LogP contribution in [0.25, 0.3) is 0 Å². The Morgan fingerprint density at radius 3 is 2.59 bits per heavy atom. The van der Waals surface area contributed by atoms with E-state index in [4.69, 9.17) is 10.8 Å². The lowest BCUT2D eigenvalue weighted by molar-refractivity contribution is -0.148. The van der Waals surface area contributed by atoms with Gasteiger partial charge in [0, 0.05) is 5.92 Å². The summed E-state index contributed by atoms with van der Waals surface area (Å²) in [6.45, 7) is 0.276. The van der Waals surface area contributed by atoms with Crippen LogP contribution in [0.5, 0.6) is 0 Å². The van der Waals surface area contributed by atoms with Gasteiger partial charge in [-0.1, -0.05) is 0 Å². The Morgan fingerprint density at radius 1 is 1.59 bits per heavy atom. The molecule has 0 unspecified atom stereocenters. The fraction of sp³-hybridized carbons (Fsp3) is 0.667. The standard InChI is InChI=1S/C9H14N2O5.ClH/c1-16-8(13)6-4-5(2-3-10)7(12)11(6)9(14)15;/h5-6H,2-4,10H2,1H3,(H,14,15);1H/t5-,6-;/m0./s1. The molecule has 98 valence electrons. The minimum Gasteiger partial charge on any atom is -0.467 e. The molecule has 1 heterocycles. The van der Waals surface area contributed by atoms with Crippen molar-refractivity contribution in [2.75, 3.05) is 13.7 Å². The van der Waals surface area contributed by atoms with Gasteiger partial charge in [0.1, 0.15) is 6.04 Å². The highest BCUT2D eigenvalue weighted by molar-refractivity contribution is 6.00. The third-order valence-electron chi connectivity index (χ3n) is 2.60. The highest BCUT2D eigenvalue weighted by Gasteiger charge is 2.46. The maximum Gasteiger partial charge on any atom is 0.414 e. The number of esters is 1. The number of carbonyl (C=O) groups excluding carboxylic acids is 2. The van der Waals surface area contributed by atoms with E-state index < -0.39 is 29.9 Å². The second-order valence-corrected chi connectivity index (χ2v) is 3.54. The third kappa shape index (κ3) is 3.07. The van der Waals surface area contributed by atoms with Crippen molar-refractivity contribution in [3.63, 3.8) is 0 Å². The summed E-state index contributed by atoms with van der Waals surface area (Å²) in [6, 6.07) is -1.04. The van der Waals surface area contributed by atoms with Gasteiger partial charge in [-0.2, -0.15) is 0 Å². The quantitative estimate of drug-likeness (QED) is 0.686. The van der Waals surface area contributed by atoms with Gasteiger partial charge in [0.25, 0.3) is 0 Å². The summed E-state index contributed by atoms with van der Waals surface area (Å²) < 4.78 is 4.46. The first-order valence-corrected chi connectivity index (χ1v) is 4.86. The molecule has 1 saturated heterocycles. The minimum atomic E-state index is -1.43. The second kappa shape index (κ2) is 6.41. The van der Waals surface area contributed by atoms with Gasteiger partial charge in [-0.25, -0.2) is 14.5 Å². The van der Waals surface area contributed by atoms with Gasteiger partial charge in [0.2, 0.25) is 5.91 Å². The SMILES string of the molecule is COC(=O)[C@@H]1C[C@H](CCN)C(=O)N1C(=O)O.Cl. The molecule has 0 radical (unpaired) electrons. The summed E-state index contributed by atoms with van der Waals surface area (Å²) in [5, 5.41) is 8.85.